The number of rotatable bonds is 5. The number of aromatic nitrogens is 2. The van der Waals surface area contributed by atoms with Crippen LogP contribution in [0.15, 0.2) is 53.4 Å². The second kappa shape index (κ2) is 8.16. The summed E-state index contributed by atoms with van der Waals surface area (Å²) in [4.78, 5) is 12.7. The quantitative estimate of drug-likeness (QED) is 0.636. The van der Waals surface area contributed by atoms with E-state index in [4.69, 9.17) is 0 Å². The third kappa shape index (κ3) is 4.68. The van der Waals surface area contributed by atoms with Gasteiger partial charge in [0.05, 0.1) is 10.6 Å². The molecular weight excluding hydrogens is 420 g/mol. The van der Waals surface area contributed by atoms with Crippen molar-refractivity contribution in [3.63, 3.8) is 0 Å². The zero-order valence-electron chi connectivity index (χ0n) is 17.5. The van der Waals surface area contributed by atoms with Crippen molar-refractivity contribution in [1.29, 1.82) is 0 Å². The van der Waals surface area contributed by atoms with Crippen molar-refractivity contribution < 1.29 is 13.2 Å². The largest absolute Gasteiger partial charge is 0.296 e. The van der Waals surface area contributed by atoms with Gasteiger partial charge in [-0.3, -0.25) is 14.4 Å². The molecule has 1 amide bonds. The van der Waals surface area contributed by atoms with Crippen LogP contribution in [0.4, 0.5) is 10.8 Å². The van der Waals surface area contributed by atoms with Crippen molar-refractivity contribution >= 4 is 38.1 Å². The zero-order valence-corrected chi connectivity index (χ0v) is 19.1. The number of amides is 1. The zero-order chi connectivity index (χ0) is 22.1. The van der Waals surface area contributed by atoms with Crippen LogP contribution in [-0.4, -0.2) is 31.6 Å². The Morgan fingerprint density at radius 3 is 2.13 bits per heavy atom. The highest BCUT2D eigenvalue weighted by atomic mass is 32.2. The maximum Gasteiger partial charge on any atom is 0.264 e. The molecule has 1 heterocycles. The minimum absolute atomic E-state index is 0.143. The topological polar surface area (TPSA) is 92.3 Å². The van der Waals surface area contributed by atoms with Gasteiger partial charge in [0.2, 0.25) is 5.13 Å². The van der Waals surface area contributed by atoms with Crippen LogP contribution >= 0.6 is 11.3 Å². The highest BCUT2D eigenvalue weighted by Gasteiger charge is 2.22. The van der Waals surface area contributed by atoms with Crippen molar-refractivity contribution in [3.8, 4) is 0 Å². The van der Waals surface area contributed by atoms with Crippen LogP contribution in [0.25, 0.3) is 0 Å². The van der Waals surface area contributed by atoms with Gasteiger partial charge in [-0.05, 0) is 43.3 Å². The number of nitrogens with one attached hydrogen (secondary N) is 1. The minimum Gasteiger partial charge on any atom is -0.296 e. The number of sulfonamides is 1. The van der Waals surface area contributed by atoms with E-state index in [1.807, 2.05) is 27.7 Å². The Labute approximate surface area is 180 Å². The summed E-state index contributed by atoms with van der Waals surface area (Å²) in [7, 11) is -2.20. The molecule has 2 aromatic carbocycles. The maximum atomic E-state index is 12.8. The molecule has 0 radical (unpaired) electrons. The third-order valence-corrected chi connectivity index (χ3v) is 7.52. The smallest absolute Gasteiger partial charge is 0.264 e. The average Bonchev–Trinajstić information content (AvgIpc) is 3.17. The van der Waals surface area contributed by atoms with Gasteiger partial charge in [-0.1, -0.05) is 49.8 Å². The SMILES string of the molecule is Cc1ccc(S(=O)(=O)N(C)c2ccc(C(=O)Nc3nnc(C(C)(C)C)s3)cc2)cc1. The molecule has 0 aliphatic carbocycles. The minimum atomic E-state index is -3.69. The molecule has 0 atom stereocenters. The molecule has 0 saturated carbocycles. The van der Waals surface area contributed by atoms with Crippen LogP contribution < -0.4 is 9.62 Å². The molecule has 0 bridgehead atoms. The normalized spacial score (nSPS) is 11.9. The first-order valence-electron chi connectivity index (χ1n) is 9.29. The summed E-state index contributed by atoms with van der Waals surface area (Å²) in [6, 6.07) is 13.0. The number of benzene rings is 2. The van der Waals surface area contributed by atoms with Gasteiger partial charge in [0.1, 0.15) is 5.01 Å². The lowest BCUT2D eigenvalue weighted by Gasteiger charge is -2.20. The molecule has 0 saturated heterocycles. The van der Waals surface area contributed by atoms with Gasteiger partial charge in [-0.2, -0.15) is 0 Å². The van der Waals surface area contributed by atoms with E-state index in [0.29, 0.717) is 16.4 Å². The summed E-state index contributed by atoms with van der Waals surface area (Å²) in [5, 5.41) is 12.1. The molecular formula is C21H24N4O3S2. The van der Waals surface area contributed by atoms with E-state index in [9.17, 15) is 13.2 Å². The van der Waals surface area contributed by atoms with Crippen LogP contribution in [0, 0.1) is 6.92 Å². The van der Waals surface area contributed by atoms with E-state index in [2.05, 4.69) is 15.5 Å². The summed E-state index contributed by atoms with van der Waals surface area (Å²) in [6.45, 7) is 7.98. The van der Waals surface area contributed by atoms with E-state index >= 15 is 0 Å². The molecule has 1 N–H and O–H groups in total. The second-order valence-corrected chi connectivity index (χ2v) is 10.9. The highest BCUT2D eigenvalue weighted by molar-refractivity contribution is 7.92. The van der Waals surface area contributed by atoms with Gasteiger partial charge in [0.25, 0.3) is 15.9 Å². The lowest BCUT2D eigenvalue weighted by molar-refractivity contribution is 0.102. The number of hydrogen-bond donors (Lipinski definition) is 1. The molecule has 0 spiro atoms. The lowest BCUT2D eigenvalue weighted by Crippen LogP contribution is -2.26. The van der Waals surface area contributed by atoms with Gasteiger partial charge in [-0.25, -0.2) is 8.42 Å². The van der Waals surface area contributed by atoms with E-state index in [1.165, 1.54) is 22.7 Å². The predicted molar refractivity (Wildman–Crippen MR) is 120 cm³/mol. The van der Waals surface area contributed by atoms with E-state index in [1.54, 1.807) is 48.5 Å². The molecule has 0 aliphatic rings. The Morgan fingerprint density at radius 2 is 1.60 bits per heavy atom. The average molecular weight is 445 g/mol. The van der Waals surface area contributed by atoms with Crippen LogP contribution in [0.3, 0.4) is 0 Å². The van der Waals surface area contributed by atoms with E-state index in [0.717, 1.165) is 10.6 Å². The first kappa shape index (κ1) is 21.9. The van der Waals surface area contributed by atoms with E-state index < -0.39 is 10.0 Å². The summed E-state index contributed by atoms with van der Waals surface area (Å²) >= 11 is 1.33. The monoisotopic (exact) mass is 444 g/mol. The molecule has 7 nitrogen and oxygen atoms in total. The Hall–Kier alpha value is -2.78. The van der Waals surface area contributed by atoms with Crippen molar-refractivity contribution in [2.24, 2.45) is 0 Å². The van der Waals surface area contributed by atoms with Crippen molar-refractivity contribution in [2.45, 2.75) is 38.0 Å². The highest BCUT2D eigenvalue weighted by Crippen LogP contribution is 2.28. The number of anilines is 2. The van der Waals surface area contributed by atoms with Gasteiger partial charge in [0, 0.05) is 18.0 Å². The fraction of sp³-hybridized carbons (Fsp3) is 0.286. The van der Waals surface area contributed by atoms with Crippen molar-refractivity contribution in [2.75, 3.05) is 16.7 Å². The number of carbonyl (C=O) groups is 1. The Kier molecular flexibility index (Phi) is 5.96. The van der Waals surface area contributed by atoms with Crippen LogP contribution in [0.2, 0.25) is 0 Å². The molecule has 3 rings (SSSR count). The van der Waals surface area contributed by atoms with Crippen LogP contribution in [0.5, 0.6) is 0 Å². The number of carbonyl (C=O) groups excluding carboxylic acids is 1. The Bertz CT molecular complexity index is 1150. The molecule has 9 heteroatoms. The lowest BCUT2D eigenvalue weighted by atomic mass is 9.98. The fourth-order valence-corrected chi connectivity index (χ4v) is 4.57. The maximum absolute atomic E-state index is 12.8. The van der Waals surface area contributed by atoms with Gasteiger partial charge < -0.3 is 0 Å². The molecule has 0 aliphatic heterocycles. The van der Waals surface area contributed by atoms with Gasteiger partial charge in [-0.15, -0.1) is 10.2 Å². The summed E-state index contributed by atoms with van der Waals surface area (Å²) in [5.41, 5.74) is 1.69. The molecule has 3 aromatic rings. The molecule has 158 valence electrons. The van der Waals surface area contributed by atoms with Crippen LogP contribution in [-0.2, 0) is 15.4 Å². The summed E-state index contributed by atoms with van der Waals surface area (Å²) < 4.78 is 26.8. The van der Waals surface area contributed by atoms with Crippen molar-refractivity contribution in [1.82, 2.24) is 10.2 Å². The molecule has 0 fully saturated rings. The molecule has 0 unspecified atom stereocenters. The first-order valence-corrected chi connectivity index (χ1v) is 11.5. The van der Waals surface area contributed by atoms with Crippen molar-refractivity contribution in [3.05, 3.63) is 64.7 Å². The van der Waals surface area contributed by atoms with Gasteiger partial charge >= 0.3 is 0 Å². The Morgan fingerprint density at radius 1 is 1.00 bits per heavy atom. The number of nitrogens with zero attached hydrogens (tertiary/aromatic N) is 3. The standard InChI is InChI=1S/C21H24N4O3S2/c1-14-6-12-17(13-7-14)30(27,28)25(5)16-10-8-15(9-11-16)18(26)22-20-24-23-19(29-20)21(2,3)4/h6-13H,1-5H3,(H,22,24,26). The molecule has 30 heavy (non-hydrogen) atoms. The first-order chi connectivity index (χ1) is 14.0. The van der Waals surface area contributed by atoms with E-state index in [-0.39, 0.29) is 16.2 Å². The Balaban J connectivity index is 1.74. The fourth-order valence-electron chi connectivity index (χ4n) is 2.58. The molecule has 1 aromatic heterocycles. The number of aryl methyl sites for hydroxylation is 1. The second-order valence-electron chi connectivity index (χ2n) is 7.95. The third-order valence-electron chi connectivity index (χ3n) is 4.46. The van der Waals surface area contributed by atoms with Gasteiger partial charge in [0.15, 0.2) is 0 Å². The van der Waals surface area contributed by atoms with Crippen LogP contribution in [0.1, 0.15) is 41.7 Å². The number of hydrogen-bond acceptors (Lipinski definition) is 6. The summed E-state index contributed by atoms with van der Waals surface area (Å²) in [6.07, 6.45) is 0. The predicted octanol–water partition coefficient (Wildman–Crippen LogP) is 4.22. The summed E-state index contributed by atoms with van der Waals surface area (Å²) in [5.74, 6) is -0.331.